The van der Waals surface area contributed by atoms with Gasteiger partial charge in [0, 0.05) is 5.56 Å². The third kappa shape index (κ3) is 5.23. The minimum Gasteiger partial charge on any atom is -0.497 e. The summed E-state index contributed by atoms with van der Waals surface area (Å²) in [4.78, 5) is 24.9. The van der Waals surface area contributed by atoms with Crippen LogP contribution in [0.15, 0.2) is 42.5 Å². The number of hydrogen-bond donors (Lipinski definition) is 0. The van der Waals surface area contributed by atoms with Gasteiger partial charge in [-0.05, 0) is 63.2 Å². The minimum atomic E-state index is -0.923. The number of ketones is 1. The lowest BCUT2D eigenvalue weighted by molar-refractivity contribution is 0.0318. The number of hydrogen-bond acceptors (Lipinski definition) is 6. The quantitative estimate of drug-likeness (QED) is 0.491. The van der Waals surface area contributed by atoms with Crippen LogP contribution in [0.2, 0.25) is 0 Å². The van der Waals surface area contributed by atoms with E-state index in [0.29, 0.717) is 36.0 Å². The highest BCUT2D eigenvalue weighted by atomic mass is 16.5. The summed E-state index contributed by atoms with van der Waals surface area (Å²) in [5.41, 5.74) is 0.731. The first-order chi connectivity index (χ1) is 13.0. The van der Waals surface area contributed by atoms with Crippen LogP contribution in [0.4, 0.5) is 0 Å². The number of ether oxygens (including phenoxy) is 4. The first-order valence-corrected chi connectivity index (χ1v) is 8.79. The van der Waals surface area contributed by atoms with E-state index in [2.05, 4.69) is 0 Å². The number of rotatable bonds is 9. The molecule has 0 saturated heterocycles. The molecule has 6 nitrogen and oxygen atoms in total. The van der Waals surface area contributed by atoms with Gasteiger partial charge in [0.1, 0.15) is 5.75 Å². The van der Waals surface area contributed by atoms with Gasteiger partial charge in [-0.1, -0.05) is 0 Å². The van der Waals surface area contributed by atoms with Crippen molar-refractivity contribution >= 4 is 11.8 Å². The maximum atomic E-state index is 12.5. The Labute approximate surface area is 159 Å². The van der Waals surface area contributed by atoms with Crippen molar-refractivity contribution in [2.75, 3.05) is 20.3 Å². The fourth-order valence-electron chi connectivity index (χ4n) is 2.45. The lowest BCUT2D eigenvalue weighted by Crippen LogP contribution is -2.24. The summed E-state index contributed by atoms with van der Waals surface area (Å²) in [5.74, 6) is 0.769. The Kier molecular flexibility index (Phi) is 7.23. The summed E-state index contributed by atoms with van der Waals surface area (Å²) in [6.45, 7) is 6.17. The van der Waals surface area contributed by atoms with Crippen LogP contribution in [-0.2, 0) is 4.74 Å². The monoisotopic (exact) mass is 372 g/mol. The molecule has 0 N–H and O–H groups in total. The summed E-state index contributed by atoms with van der Waals surface area (Å²) in [5, 5.41) is 0. The van der Waals surface area contributed by atoms with Gasteiger partial charge in [0.2, 0.25) is 5.78 Å². The average molecular weight is 372 g/mol. The molecular formula is C21H24O6. The number of benzene rings is 2. The van der Waals surface area contributed by atoms with Gasteiger partial charge in [-0.2, -0.15) is 0 Å². The van der Waals surface area contributed by atoms with Gasteiger partial charge in [0.25, 0.3) is 0 Å². The molecule has 0 amide bonds. The molecule has 0 fully saturated rings. The number of carbonyl (C=O) groups is 2. The number of methoxy groups -OCH3 is 1. The van der Waals surface area contributed by atoms with Gasteiger partial charge >= 0.3 is 5.97 Å². The van der Waals surface area contributed by atoms with Crippen molar-refractivity contribution in [1.29, 1.82) is 0 Å². The Bertz CT molecular complexity index is 782. The highest BCUT2D eigenvalue weighted by Crippen LogP contribution is 2.29. The Balaban J connectivity index is 2.10. The van der Waals surface area contributed by atoms with E-state index in [4.69, 9.17) is 18.9 Å². The van der Waals surface area contributed by atoms with E-state index < -0.39 is 12.1 Å². The topological polar surface area (TPSA) is 71.1 Å². The highest BCUT2D eigenvalue weighted by Gasteiger charge is 2.21. The molecule has 0 bridgehead atoms. The summed E-state index contributed by atoms with van der Waals surface area (Å²) in [6, 6.07) is 11.4. The van der Waals surface area contributed by atoms with Crippen LogP contribution in [0, 0.1) is 0 Å². The van der Waals surface area contributed by atoms with Gasteiger partial charge in [0.05, 0.1) is 25.9 Å². The number of Topliss-reactive ketones (excluding diaryl/α,β-unsaturated/α-hetero) is 1. The van der Waals surface area contributed by atoms with Crippen LogP contribution in [0.1, 0.15) is 41.5 Å². The fraction of sp³-hybridized carbons (Fsp3) is 0.333. The van der Waals surface area contributed by atoms with Crippen molar-refractivity contribution in [3.05, 3.63) is 53.6 Å². The molecule has 0 radical (unpaired) electrons. The second-order valence-corrected chi connectivity index (χ2v) is 5.67. The van der Waals surface area contributed by atoms with Crippen molar-refractivity contribution in [2.24, 2.45) is 0 Å². The molecule has 0 saturated carbocycles. The molecule has 2 rings (SSSR count). The molecule has 2 aromatic carbocycles. The van der Waals surface area contributed by atoms with Gasteiger partial charge < -0.3 is 18.9 Å². The van der Waals surface area contributed by atoms with Crippen LogP contribution >= 0.6 is 0 Å². The zero-order valence-electron chi connectivity index (χ0n) is 16.0. The summed E-state index contributed by atoms with van der Waals surface area (Å²) >= 11 is 0. The fourth-order valence-corrected chi connectivity index (χ4v) is 2.45. The first-order valence-electron chi connectivity index (χ1n) is 8.79. The van der Waals surface area contributed by atoms with Crippen molar-refractivity contribution in [3.63, 3.8) is 0 Å². The maximum absolute atomic E-state index is 12.5. The van der Waals surface area contributed by atoms with E-state index in [1.807, 2.05) is 13.8 Å². The maximum Gasteiger partial charge on any atom is 0.338 e. The van der Waals surface area contributed by atoms with Gasteiger partial charge in [0.15, 0.2) is 17.6 Å². The Morgan fingerprint density at radius 3 is 2.07 bits per heavy atom. The SMILES string of the molecule is CCOc1ccc(C(=O)O[C@H](C)C(=O)c2ccc(OC)cc2)cc1OCC. The number of carbonyl (C=O) groups excluding carboxylic acids is 2. The molecule has 2 aromatic rings. The average Bonchev–Trinajstić information content (AvgIpc) is 2.69. The van der Waals surface area contributed by atoms with Crippen LogP contribution in [0.5, 0.6) is 17.2 Å². The van der Waals surface area contributed by atoms with E-state index >= 15 is 0 Å². The van der Waals surface area contributed by atoms with Gasteiger partial charge in [-0.3, -0.25) is 4.79 Å². The largest absolute Gasteiger partial charge is 0.497 e. The van der Waals surface area contributed by atoms with E-state index in [9.17, 15) is 9.59 Å². The normalized spacial score (nSPS) is 11.4. The Hall–Kier alpha value is -3.02. The van der Waals surface area contributed by atoms with Crippen LogP contribution in [-0.4, -0.2) is 38.2 Å². The zero-order valence-corrected chi connectivity index (χ0v) is 16.0. The first kappa shape index (κ1) is 20.3. The molecule has 6 heteroatoms. The molecule has 27 heavy (non-hydrogen) atoms. The minimum absolute atomic E-state index is 0.288. The standard InChI is InChI=1S/C21H24O6/c1-5-25-18-12-9-16(13-19(18)26-6-2)21(23)27-14(3)20(22)15-7-10-17(24-4)11-8-15/h7-14H,5-6H2,1-4H3/t14-/m1/s1. The Morgan fingerprint density at radius 1 is 0.889 bits per heavy atom. The summed E-state index contributed by atoms with van der Waals surface area (Å²) in [6.07, 6.45) is -0.923. The van der Waals surface area contributed by atoms with Crippen LogP contribution < -0.4 is 14.2 Å². The lowest BCUT2D eigenvalue weighted by atomic mass is 10.1. The van der Waals surface area contributed by atoms with Crippen LogP contribution in [0.25, 0.3) is 0 Å². The third-order valence-electron chi connectivity index (χ3n) is 3.81. The smallest absolute Gasteiger partial charge is 0.338 e. The van der Waals surface area contributed by atoms with Crippen molar-refractivity contribution in [1.82, 2.24) is 0 Å². The molecule has 0 aromatic heterocycles. The molecule has 0 unspecified atom stereocenters. The van der Waals surface area contributed by atoms with Crippen molar-refractivity contribution in [2.45, 2.75) is 26.9 Å². The summed E-state index contributed by atoms with van der Waals surface area (Å²) in [7, 11) is 1.55. The molecule has 144 valence electrons. The Morgan fingerprint density at radius 2 is 1.48 bits per heavy atom. The van der Waals surface area contributed by atoms with E-state index in [0.717, 1.165) is 0 Å². The van der Waals surface area contributed by atoms with Crippen molar-refractivity contribution in [3.8, 4) is 17.2 Å². The molecule has 0 aliphatic heterocycles. The lowest BCUT2D eigenvalue weighted by Gasteiger charge is -2.15. The van der Waals surface area contributed by atoms with E-state index in [1.54, 1.807) is 56.5 Å². The van der Waals surface area contributed by atoms with E-state index in [-0.39, 0.29) is 11.3 Å². The molecule has 1 atom stereocenters. The van der Waals surface area contributed by atoms with Gasteiger partial charge in [-0.15, -0.1) is 0 Å². The second kappa shape index (κ2) is 9.62. The number of esters is 1. The second-order valence-electron chi connectivity index (χ2n) is 5.67. The van der Waals surface area contributed by atoms with E-state index in [1.165, 1.54) is 0 Å². The van der Waals surface area contributed by atoms with Crippen molar-refractivity contribution < 1.29 is 28.5 Å². The van der Waals surface area contributed by atoms with Crippen LogP contribution in [0.3, 0.4) is 0 Å². The zero-order chi connectivity index (χ0) is 19.8. The molecule has 0 spiro atoms. The molecule has 0 aliphatic carbocycles. The highest BCUT2D eigenvalue weighted by molar-refractivity contribution is 6.01. The molecular weight excluding hydrogens is 348 g/mol. The predicted molar refractivity (Wildman–Crippen MR) is 101 cm³/mol. The molecule has 0 heterocycles. The third-order valence-corrected chi connectivity index (χ3v) is 3.81. The summed E-state index contributed by atoms with van der Waals surface area (Å²) < 4.78 is 21.4. The van der Waals surface area contributed by atoms with Gasteiger partial charge in [-0.25, -0.2) is 4.79 Å². The molecule has 0 aliphatic rings. The predicted octanol–water partition coefficient (Wildman–Crippen LogP) is 3.92.